The number of aromatic nitrogens is 2. The third kappa shape index (κ3) is 2.43. The maximum Gasteiger partial charge on any atom is 0.293 e. The smallest absolute Gasteiger partial charge is 0.293 e. The van der Waals surface area contributed by atoms with Crippen molar-refractivity contribution >= 4 is 5.88 Å². The Kier molecular flexibility index (Phi) is 2.95. The summed E-state index contributed by atoms with van der Waals surface area (Å²) in [5.74, 6) is 0.354. The van der Waals surface area contributed by atoms with Crippen LogP contribution in [0.1, 0.15) is 0 Å². The number of anilines is 1. The zero-order valence-electron chi connectivity index (χ0n) is 8.06. The summed E-state index contributed by atoms with van der Waals surface area (Å²) in [6.45, 7) is 5.40. The predicted octanol–water partition coefficient (Wildman–Crippen LogP) is -1.12. The van der Waals surface area contributed by atoms with Gasteiger partial charge < -0.3 is 10.5 Å². The molecular weight excluding hydrogens is 184 g/mol. The van der Waals surface area contributed by atoms with Gasteiger partial charge in [-0.3, -0.25) is 9.42 Å². The molecule has 0 unspecified atom stereocenters. The molecule has 1 aliphatic rings. The molecule has 78 valence electrons. The molecule has 0 saturated carbocycles. The molecule has 0 aromatic carbocycles. The van der Waals surface area contributed by atoms with E-state index < -0.39 is 0 Å². The molecule has 0 bridgehead atoms. The van der Waals surface area contributed by atoms with E-state index in [-0.39, 0.29) is 0 Å². The summed E-state index contributed by atoms with van der Waals surface area (Å²) >= 11 is 0. The molecule has 0 atom stereocenters. The van der Waals surface area contributed by atoms with Gasteiger partial charge in [0.05, 0.1) is 19.8 Å². The lowest BCUT2D eigenvalue weighted by atomic mass is 10.4. The minimum absolute atomic E-state index is 0.354. The van der Waals surface area contributed by atoms with Gasteiger partial charge >= 0.3 is 0 Å². The van der Waals surface area contributed by atoms with Gasteiger partial charge in [0.15, 0.2) is 6.54 Å². The van der Waals surface area contributed by atoms with E-state index in [2.05, 4.69) is 10.2 Å². The number of nitrogens with two attached hydrogens (primary N) is 1. The molecule has 2 heterocycles. The number of hydrogen-bond acceptors (Lipinski definition) is 5. The zero-order valence-corrected chi connectivity index (χ0v) is 8.06. The first-order chi connectivity index (χ1) is 6.84. The largest absolute Gasteiger partial charge is 0.379 e. The van der Waals surface area contributed by atoms with Gasteiger partial charge in [-0.15, -0.1) is 0 Å². The molecule has 0 aliphatic carbocycles. The fourth-order valence-electron chi connectivity index (χ4n) is 1.47. The average Bonchev–Trinajstić information content (AvgIpc) is 2.63. The van der Waals surface area contributed by atoms with Gasteiger partial charge in [-0.2, -0.15) is 0 Å². The maximum absolute atomic E-state index is 5.40. The second-order valence-corrected chi connectivity index (χ2v) is 3.32. The number of morpholine rings is 1. The average molecular weight is 199 g/mol. The first-order valence-corrected chi connectivity index (χ1v) is 4.76. The molecule has 0 spiro atoms. The van der Waals surface area contributed by atoms with Gasteiger partial charge in [0, 0.05) is 13.1 Å². The summed E-state index contributed by atoms with van der Waals surface area (Å²) in [5.41, 5.74) is 5.40. The summed E-state index contributed by atoms with van der Waals surface area (Å²) in [6.07, 6.45) is 1.69. The lowest BCUT2D eigenvalue weighted by Crippen LogP contribution is -2.45. The van der Waals surface area contributed by atoms with E-state index in [1.807, 2.05) is 0 Å². The third-order valence-electron chi connectivity index (χ3n) is 2.28. The van der Waals surface area contributed by atoms with Crippen molar-refractivity contribution in [2.45, 2.75) is 6.54 Å². The molecule has 1 fully saturated rings. The lowest BCUT2D eigenvalue weighted by molar-refractivity contribution is -0.761. The first-order valence-electron chi connectivity index (χ1n) is 4.76. The summed E-state index contributed by atoms with van der Waals surface area (Å²) < 4.78 is 11.7. The minimum atomic E-state index is 0.354. The van der Waals surface area contributed by atoms with Crippen LogP contribution in [0.4, 0.5) is 5.88 Å². The Hall–Kier alpha value is -1.14. The summed E-state index contributed by atoms with van der Waals surface area (Å²) in [4.78, 5) is 2.33. The van der Waals surface area contributed by atoms with Crippen LogP contribution in [0, 0.1) is 0 Å². The van der Waals surface area contributed by atoms with Crippen LogP contribution in [-0.4, -0.2) is 43.0 Å². The van der Waals surface area contributed by atoms with Gasteiger partial charge in [0.2, 0.25) is 5.27 Å². The molecule has 14 heavy (non-hydrogen) atoms. The van der Waals surface area contributed by atoms with Crippen LogP contribution < -0.4 is 10.4 Å². The zero-order chi connectivity index (χ0) is 9.80. The highest BCUT2D eigenvalue weighted by Crippen LogP contribution is 1.96. The number of hydrogen-bond donors (Lipinski definition) is 1. The number of ether oxygens (including phenoxy) is 1. The Morgan fingerprint density at radius 3 is 2.93 bits per heavy atom. The molecule has 2 N–H and O–H groups in total. The van der Waals surface area contributed by atoms with Crippen molar-refractivity contribution < 1.29 is 13.9 Å². The molecule has 2 rings (SSSR count). The van der Waals surface area contributed by atoms with E-state index in [1.54, 1.807) is 10.9 Å². The molecule has 6 nitrogen and oxygen atoms in total. The highest BCUT2D eigenvalue weighted by molar-refractivity contribution is 5.11. The van der Waals surface area contributed by atoms with Crippen molar-refractivity contribution in [2.75, 3.05) is 38.6 Å². The molecule has 0 amide bonds. The number of nitrogens with zero attached hydrogens (tertiary/aromatic N) is 3. The standard InChI is InChI=1S/C8H15N4O2/c9-8-7-12(10-14-8)2-1-11-3-5-13-6-4-11/h7H,1-6,9H2/q+1. The van der Waals surface area contributed by atoms with Gasteiger partial charge in [-0.25, -0.2) is 0 Å². The number of nitrogen functional groups attached to an aromatic ring is 1. The van der Waals surface area contributed by atoms with Crippen molar-refractivity contribution in [1.82, 2.24) is 10.2 Å². The van der Waals surface area contributed by atoms with Crippen molar-refractivity contribution in [3.05, 3.63) is 6.20 Å². The third-order valence-corrected chi connectivity index (χ3v) is 2.28. The molecule has 1 aromatic rings. The maximum atomic E-state index is 5.40. The highest BCUT2D eigenvalue weighted by Gasteiger charge is 2.14. The molecule has 0 radical (unpaired) electrons. The highest BCUT2D eigenvalue weighted by atomic mass is 16.5. The van der Waals surface area contributed by atoms with Gasteiger partial charge in [0.1, 0.15) is 0 Å². The van der Waals surface area contributed by atoms with E-state index in [0.717, 1.165) is 39.4 Å². The van der Waals surface area contributed by atoms with Crippen LogP contribution in [0.15, 0.2) is 10.7 Å². The summed E-state index contributed by atoms with van der Waals surface area (Å²) in [7, 11) is 0. The Labute approximate surface area is 82.2 Å². The monoisotopic (exact) mass is 199 g/mol. The fourth-order valence-corrected chi connectivity index (χ4v) is 1.47. The van der Waals surface area contributed by atoms with Gasteiger partial charge in [-0.1, -0.05) is 0 Å². The van der Waals surface area contributed by atoms with E-state index in [9.17, 15) is 0 Å². The van der Waals surface area contributed by atoms with Crippen LogP contribution in [-0.2, 0) is 11.3 Å². The van der Waals surface area contributed by atoms with Gasteiger partial charge in [0.25, 0.3) is 12.1 Å². The summed E-state index contributed by atoms with van der Waals surface area (Å²) in [5, 5.41) is 3.76. The molecular formula is C8H15N4O2+. The fraction of sp³-hybridized carbons (Fsp3) is 0.750. The molecule has 6 heteroatoms. The minimum Gasteiger partial charge on any atom is -0.379 e. The van der Waals surface area contributed by atoms with Gasteiger partial charge in [-0.05, 0) is 4.68 Å². The van der Waals surface area contributed by atoms with Crippen molar-refractivity contribution in [2.24, 2.45) is 0 Å². The summed E-state index contributed by atoms with van der Waals surface area (Å²) in [6, 6.07) is 0. The van der Waals surface area contributed by atoms with Crippen LogP contribution in [0.25, 0.3) is 0 Å². The predicted molar refractivity (Wildman–Crippen MR) is 48.4 cm³/mol. The Morgan fingerprint density at radius 1 is 1.50 bits per heavy atom. The quantitative estimate of drug-likeness (QED) is 0.624. The van der Waals surface area contributed by atoms with Crippen LogP contribution in [0.3, 0.4) is 0 Å². The molecule has 1 aromatic heterocycles. The normalized spacial score (nSPS) is 18.6. The lowest BCUT2D eigenvalue weighted by Gasteiger charge is -2.24. The molecule has 1 aliphatic heterocycles. The van der Waals surface area contributed by atoms with Crippen molar-refractivity contribution in [3.63, 3.8) is 0 Å². The second-order valence-electron chi connectivity index (χ2n) is 3.32. The molecule has 1 saturated heterocycles. The van der Waals surface area contributed by atoms with Crippen LogP contribution in [0.2, 0.25) is 0 Å². The Balaban J connectivity index is 1.76. The van der Waals surface area contributed by atoms with Crippen molar-refractivity contribution in [1.29, 1.82) is 0 Å². The van der Waals surface area contributed by atoms with E-state index >= 15 is 0 Å². The Morgan fingerprint density at radius 2 is 2.29 bits per heavy atom. The number of rotatable bonds is 3. The van der Waals surface area contributed by atoms with Crippen LogP contribution in [0.5, 0.6) is 0 Å². The SMILES string of the molecule is Nc1c[n+](CCN2CCOCC2)no1. The topological polar surface area (TPSA) is 68.4 Å². The van der Waals surface area contributed by atoms with E-state index in [0.29, 0.717) is 5.88 Å². The van der Waals surface area contributed by atoms with Crippen LogP contribution >= 0.6 is 0 Å². The Bertz CT molecular complexity index is 283. The van der Waals surface area contributed by atoms with E-state index in [4.69, 9.17) is 15.0 Å². The second kappa shape index (κ2) is 4.39. The van der Waals surface area contributed by atoms with Crippen molar-refractivity contribution in [3.8, 4) is 0 Å². The first kappa shape index (κ1) is 9.42. The van der Waals surface area contributed by atoms with E-state index in [1.165, 1.54) is 0 Å².